The topological polar surface area (TPSA) is 26.0 Å². The molecule has 0 amide bonds. The molecule has 0 spiro atoms. The number of rotatable bonds is 3. The maximum Gasteiger partial charge on any atom is 0.181 e. The van der Waals surface area contributed by atoms with E-state index in [0.29, 0.717) is 17.7 Å². The molecule has 0 N–H and O–H groups in total. The highest BCUT2D eigenvalue weighted by Crippen LogP contribution is 2.55. The molecule has 3 heteroatoms. The molecule has 1 saturated carbocycles. The lowest BCUT2D eigenvalue weighted by atomic mass is 10.1. The van der Waals surface area contributed by atoms with E-state index in [-0.39, 0.29) is 0 Å². The predicted octanol–water partition coefficient (Wildman–Crippen LogP) is 3.68. The van der Waals surface area contributed by atoms with Crippen molar-refractivity contribution < 1.29 is 4.42 Å². The Morgan fingerprint density at radius 3 is 2.81 bits per heavy atom. The molecule has 2 aromatic rings. The fourth-order valence-electron chi connectivity index (χ4n) is 2.23. The number of oxazole rings is 1. The Morgan fingerprint density at radius 2 is 2.06 bits per heavy atom. The molecule has 1 aromatic carbocycles. The van der Waals surface area contributed by atoms with Crippen molar-refractivity contribution in [1.82, 2.24) is 4.98 Å². The molecule has 2 atom stereocenters. The molecule has 0 saturated heterocycles. The van der Waals surface area contributed by atoms with Crippen molar-refractivity contribution in [3.05, 3.63) is 53.7 Å². The van der Waals surface area contributed by atoms with Crippen LogP contribution in [-0.4, -0.2) is 4.98 Å². The average Bonchev–Trinajstić information content (AvgIpc) is 3.00. The summed E-state index contributed by atoms with van der Waals surface area (Å²) in [5.74, 6) is 2.46. The first-order chi connectivity index (χ1) is 7.90. The molecular weight excluding hydrogens is 222 g/mol. The minimum Gasteiger partial charge on any atom is -0.448 e. The van der Waals surface area contributed by atoms with E-state index in [4.69, 9.17) is 16.0 Å². The molecule has 1 heterocycles. The number of aromatic nitrogens is 1. The first-order valence-electron chi connectivity index (χ1n) is 5.43. The minimum atomic E-state index is 0.434. The molecular formula is C13H12ClNO. The third-order valence-electron chi connectivity index (χ3n) is 3.15. The van der Waals surface area contributed by atoms with E-state index >= 15 is 0 Å². The average molecular weight is 234 g/mol. The molecule has 82 valence electrons. The van der Waals surface area contributed by atoms with E-state index < -0.39 is 0 Å². The van der Waals surface area contributed by atoms with Crippen molar-refractivity contribution in [2.75, 3.05) is 0 Å². The Balaban J connectivity index is 1.82. The van der Waals surface area contributed by atoms with Crippen LogP contribution in [0.5, 0.6) is 0 Å². The molecule has 3 rings (SSSR count). The Morgan fingerprint density at radius 1 is 1.25 bits per heavy atom. The van der Waals surface area contributed by atoms with Crippen LogP contribution in [0.4, 0.5) is 0 Å². The minimum absolute atomic E-state index is 0.434. The van der Waals surface area contributed by atoms with Crippen LogP contribution in [-0.2, 0) is 5.88 Å². The lowest BCUT2D eigenvalue weighted by Crippen LogP contribution is -1.87. The van der Waals surface area contributed by atoms with Crippen molar-refractivity contribution in [1.29, 1.82) is 0 Å². The van der Waals surface area contributed by atoms with E-state index in [1.54, 1.807) is 0 Å². The zero-order chi connectivity index (χ0) is 11.0. The summed E-state index contributed by atoms with van der Waals surface area (Å²) in [6.45, 7) is 0. The maximum absolute atomic E-state index is 5.82. The van der Waals surface area contributed by atoms with Crippen molar-refractivity contribution in [2.24, 2.45) is 0 Å². The normalized spacial score (nSPS) is 23.3. The van der Waals surface area contributed by atoms with E-state index in [1.165, 1.54) is 12.0 Å². The van der Waals surface area contributed by atoms with Crippen LogP contribution >= 0.6 is 11.6 Å². The zero-order valence-electron chi connectivity index (χ0n) is 8.77. The van der Waals surface area contributed by atoms with Crippen LogP contribution in [0, 0.1) is 0 Å². The predicted molar refractivity (Wildman–Crippen MR) is 62.6 cm³/mol. The Kier molecular flexibility index (Phi) is 2.44. The van der Waals surface area contributed by atoms with Crippen molar-refractivity contribution in [2.45, 2.75) is 24.1 Å². The van der Waals surface area contributed by atoms with Gasteiger partial charge in [-0.25, -0.2) is 4.98 Å². The number of nitrogens with zero attached hydrogens (tertiary/aromatic N) is 1. The molecule has 1 aliphatic carbocycles. The Labute approximate surface area is 99.3 Å². The van der Waals surface area contributed by atoms with Gasteiger partial charge in [0.25, 0.3) is 0 Å². The van der Waals surface area contributed by atoms with E-state index in [9.17, 15) is 0 Å². The van der Waals surface area contributed by atoms with Gasteiger partial charge in [-0.1, -0.05) is 30.3 Å². The fraction of sp³-hybridized carbons (Fsp3) is 0.308. The number of hydrogen-bond donors (Lipinski definition) is 0. The molecule has 2 unspecified atom stereocenters. The molecule has 1 aliphatic rings. The van der Waals surface area contributed by atoms with Crippen LogP contribution in [0.15, 0.2) is 41.1 Å². The van der Waals surface area contributed by atoms with Gasteiger partial charge in [-0.15, -0.1) is 11.6 Å². The third kappa shape index (κ3) is 1.63. The standard InChI is InChI=1S/C13H12ClNO/c14-7-12-13(16-8-15-12)11-6-10(11)9-4-2-1-3-5-9/h1-5,8,10-11H,6-7H2. The Bertz CT molecular complexity index is 480. The SMILES string of the molecule is ClCc1ncoc1C1CC1c1ccccc1. The second kappa shape index (κ2) is 3.95. The molecule has 1 fully saturated rings. The lowest BCUT2D eigenvalue weighted by Gasteiger charge is -1.98. The highest BCUT2D eigenvalue weighted by Gasteiger charge is 2.43. The van der Waals surface area contributed by atoms with E-state index in [0.717, 1.165) is 17.9 Å². The number of benzene rings is 1. The van der Waals surface area contributed by atoms with Gasteiger partial charge in [-0.3, -0.25) is 0 Å². The molecule has 0 aliphatic heterocycles. The second-order valence-corrected chi connectivity index (χ2v) is 4.42. The van der Waals surface area contributed by atoms with Gasteiger partial charge in [-0.2, -0.15) is 0 Å². The first kappa shape index (κ1) is 9.91. The van der Waals surface area contributed by atoms with E-state index in [2.05, 4.69) is 29.2 Å². The maximum atomic E-state index is 5.82. The van der Waals surface area contributed by atoms with Gasteiger partial charge < -0.3 is 4.42 Å². The van der Waals surface area contributed by atoms with Crippen LogP contribution in [0.2, 0.25) is 0 Å². The molecule has 16 heavy (non-hydrogen) atoms. The monoisotopic (exact) mass is 233 g/mol. The largest absolute Gasteiger partial charge is 0.448 e. The highest BCUT2D eigenvalue weighted by atomic mass is 35.5. The molecule has 1 aromatic heterocycles. The highest BCUT2D eigenvalue weighted by molar-refractivity contribution is 6.16. The second-order valence-electron chi connectivity index (χ2n) is 4.16. The Hall–Kier alpha value is -1.28. The van der Waals surface area contributed by atoms with Gasteiger partial charge in [0.05, 0.1) is 11.6 Å². The summed E-state index contributed by atoms with van der Waals surface area (Å²) in [6, 6.07) is 10.5. The summed E-state index contributed by atoms with van der Waals surface area (Å²) in [5.41, 5.74) is 2.27. The molecule has 0 bridgehead atoms. The van der Waals surface area contributed by atoms with Crippen LogP contribution in [0.3, 0.4) is 0 Å². The quantitative estimate of drug-likeness (QED) is 0.756. The van der Waals surface area contributed by atoms with Gasteiger partial charge in [0.2, 0.25) is 0 Å². The summed E-state index contributed by atoms with van der Waals surface area (Å²) in [7, 11) is 0. The summed E-state index contributed by atoms with van der Waals surface area (Å²) in [5, 5.41) is 0. The zero-order valence-corrected chi connectivity index (χ0v) is 9.52. The van der Waals surface area contributed by atoms with Gasteiger partial charge in [0.15, 0.2) is 6.39 Å². The summed E-state index contributed by atoms with van der Waals surface area (Å²) in [4.78, 5) is 4.13. The summed E-state index contributed by atoms with van der Waals surface area (Å²) < 4.78 is 5.44. The van der Waals surface area contributed by atoms with Gasteiger partial charge in [0, 0.05) is 5.92 Å². The van der Waals surface area contributed by atoms with Gasteiger partial charge >= 0.3 is 0 Å². The number of alkyl halides is 1. The van der Waals surface area contributed by atoms with Gasteiger partial charge in [-0.05, 0) is 17.9 Å². The van der Waals surface area contributed by atoms with Crippen LogP contribution in [0.25, 0.3) is 0 Å². The fourth-order valence-corrected chi connectivity index (χ4v) is 2.43. The summed E-state index contributed by atoms with van der Waals surface area (Å²) in [6.07, 6.45) is 2.64. The number of hydrogen-bond acceptors (Lipinski definition) is 2. The van der Waals surface area contributed by atoms with Crippen molar-refractivity contribution in [3.63, 3.8) is 0 Å². The van der Waals surface area contributed by atoms with Crippen molar-refractivity contribution in [3.8, 4) is 0 Å². The van der Waals surface area contributed by atoms with Crippen molar-refractivity contribution >= 4 is 11.6 Å². The third-order valence-corrected chi connectivity index (χ3v) is 3.41. The number of halogens is 1. The van der Waals surface area contributed by atoms with Crippen LogP contribution < -0.4 is 0 Å². The van der Waals surface area contributed by atoms with Gasteiger partial charge in [0.1, 0.15) is 5.76 Å². The molecule has 0 radical (unpaired) electrons. The smallest absolute Gasteiger partial charge is 0.181 e. The summed E-state index contributed by atoms with van der Waals surface area (Å²) >= 11 is 5.82. The van der Waals surface area contributed by atoms with Crippen LogP contribution in [0.1, 0.15) is 35.3 Å². The lowest BCUT2D eigenvalue weighted by molar-refractivity contribution is 0.501. The first-order valence-corrected chi connectivity index (χ1v) is 5.96. The van der Waals surface area contributed by atoms with E-state index in [1.807, 2.05) is 6.07 Å². The molecule has 2 nitrogen and oxygen atoms in total.